The van der Waals surface area contributed by atoms with Crippen molar-refractivity contribution in [3.05, 3.63) is 29.1 Å². The molecule has 0 saturated carbocycles. The van der Waals surface area contributed by atoms with E-state index in [9.17, 15) is 19.2 Å². The molecule has 3 aromatic heterocycles. The Hall–Kier alpha value is -3.74. The number of ether oxygens (including phenoxy) is 4. The van der Waals surface area contributed by atoms with Crippen molar-refractivity contribution in [1.29, 1.82) is 0 Å². The number of fused-ring (bicyclic) bond motifs is 3. The molecule has 0 bridgehead atoms. The van der Waals surface area contributed by atoms with Crippen LogP contribution in [0.15, 0.2) is 23.5 Å². The summed E-state index contributed by atoms with van der Waals surface area (Å²) in [5.41, 5.74) is -0.0428. The second-order valence-corrected chi connectivity index (χ2v) is 6.91. The van der Waals surface area contributed by atoms with E-state index in [-0.39, 0.29) is 17.9 Å². The maximum Gasteiger partial charge on any atom is 0.303 e. The Bertz CT molecular complexity index is 1230. The van der Waals surface area contributed by atoms with Crippen LogP contribution in [0.25, 0.3) is 16.9 Å². The van der Waals surface area contributed by atoms with E-state index in [1.54, 1.807) is 10.6 Å². The van der Waals surface area contributed by atoms with E-state index in [4.69, 9.17) is 18.9 Å². The van der Waals surface area contributed by atoms with Gasteiger partial charge in [-0.2, -0.15) is 0 Å². The zero-order valence-corrected chi connectivity index (χ0v) is 16.8. The molecule has 1 fully saturated rings. The van der Waals surface area contributed by atoms with E-state index in [2.05, 4.69) is 15.0 Å². The number of nitrogens with zero attached hydrogens (tertiary/aromatic N) is 4. The number of esters is 3. The van der Waals surface area contributed by atoms with Crippen molar-refractivity contribution in [2.75, 3.05) is 6.61 Å². The zero-order valence-electron chi connectivity index (χ0n) is 16.8. The van der Waals surface area contributed by atoms with Gasteiger partial charge in [-0.25, -0.2) is 9.97 Å². The van der Waals surface area contributed by atoms with Crippen molar-refractivity contribution in [3.8, 4) is 0 Å². The first kappa shape index (κ1) is 20.5. The number of H-pyrrole nitrogens is 1. The molecule has 0 radical (unpaired) electrons. The Balaban J connectivity index is 1.83. The molecule has 4 unspecified atom stereocenters. The van der Waals surface area contributed by atoms with Crippen LogP contribution in [0.4, 0.5) is 0 Å². The van der Waals surface area contributed by atoms with Gasteiger partial charge in [-0.1, -0.05) is 0 Å². The lowest BCUT2D eigenvalue weighted by molar-refractivity contribution is -0.166. The number of nitrogens with one attached hydrogen (secondary N) is 1. The number of hydrogen-bond acceptors (Lipinski definition) is 10. The number of carbonyl (C=O) groups is 3. The molecule has 4 atom stereocenters. The van der Waals surface area contributed by atoms with Gasteiger partial charge in [-0.15, -0.1) is 0 Å². The Morgan fingerprint density at radius 3 is 2.48 bits per heavy atom. The Morgan fingerprint density at radius 1 is 1.10 bits per heavy atom. The number of hydrogen-bond donors (Lipinski definition) is 1. The predicted molar refractivity (Wildman–Crippen MR) is 101 cm³/mol. The fraction of sp³-hybridized carbons (Fsp3) is 0.444. The molecule has 1 aliphatic heterocycles. The number of aromatic amines is 1. The minimum absolute atomic E-state index is 0.100. The highest BCUT2D eigenvalue weighted by Gasteiger charge is 2.51. The van der Waals surface area contributed by atoms with Gasteiger partial charge in [-0.3, -0.25) is 33.1 Å². The molecule has 0 spiro atoms. The average Bonchev–Trinajstić information content (AvgIpc) is 3.37. The lowest BCUT2D eigenvalue weighted by atomic mass is 10.1. The summed E-state index contributed by atoms with van der Waals surface area (Å²) in [5, 5.41) is 0. The minimum atomic E-state index is -1.10. The van der Waals surface area contributed by atoms with Crippen molar-refractivity contribution < 1.29 is 33.3 Å². The van der Waals surface area contributed by atoms with Crippen LogP contribution in [-0.2, 0) is 33.3 Å². The predicted octanol–water partition coefficient (Wildman–Crippen LogP) is -0.304. The Morgan fingerprint density at radius 2 is 1.81 bits per heavy atom. The highest BCUT2D eigenvalue weighted by molar-refractivity contribution is 5.73. The second kappa shape index (κ2) is 7.83. The van der Waals surface area contributed by atoms with Gasteiger partial charge in [0.2, 0.25) is 5.78 Å². The molecular weight excluding hydrogens is 414 g/mol. The van der Waals surface area contributed by atoms with E-state index in [1.807, 2.05) is 0 Å². The number of aromatic nitrogens is 5. The zero-order chi connectivity index (χ0) is 22.3. The van der Waals surface area contributed by atoms with Crippen LogP contribution >= 0.6 is 0 Å². The first-order chi connectivity index (χ1) is 14.8. The van der Waals surface area contributed by atoms with E-state index in [1.165, 1.54) is 37.9 Å². The van der Waals surface area contributed by atoms with Crippen molar-refractivity contribution >= 4 is 34.8 Å². The van der Waals surface area contributed by atoms with Gasteiger partial charge in [0.1, 0.15) is 12.7 Å². The molecule has 0 amide bonds. The largest absolute Gasteiger partial charge is 0.463 e. The molecule has 1 saturated heterocycles. The van der Waals surface area contributed by atoms with Crippen LogP contribution < -0.4 is 5.56 Å². The Kier molecular flexibility index (Phi) is 5.19. The third kappa shape index (κ3) is 3.74. The summed E-state index contributed by atoms with van der Waals surface area (Å²) in [5.74, 6) is -1.56. The van der Waals surface area contributed by atoms with Gasteiger partial charge in [-0.05, 0) is 0 Å². The standard InChI is InChI=1S/C18H19N5O8/c1-8(24)28-6-11-13(29-9(2)25)14(30-10(3)26)17(31-11)23-7-20-12-15(27)21-18-19-4-5-22(18)16(12)23/h4-5,7,11,13-14,17H,6H2,1-3H3,(H,19,21,27). The molecule has 164 valence electrons. The second-order valence-electron chi connectivity index (χ2n) is 6.91. The highest BCUT2D eigenvalue weighted by Crippen LogP contribution is 2.35. The average molecular weight is 433 g/mol. The quantitative estimate of drug-likeness (QED) is 0.418. The van der Waals surface area contributed by atoms with Gasteiger partial charge in [0, 0.05) is 33.2 Å². The third-order valence-corrected chi connectivity index (χ3v) is 4.69. The summed E-state index contributed by atoms with van der Waals surface area (Å²) in [4.78, 5) is 58.0. The molecular formula is C18H19N5O8. The maximum absolute atomic E-state index is 12.4. The lowest BCUT2D eigenvalue weighted by Crippen LogP contribution is -2.40. The fourth-order valence-electron chi connectivity index (χ4n) is 3.58. The molecule has 4 rings (SSSR count). The number of carbonyl (C=O) groups excluding carboxylic acids is 3. The summed E-state index contributed by atoms with van der Waals surface area (Å²) in [7, 11) is 0. The summed E-state index contributed by atoms with van der Waals surface area (Å²) >= 11 is 0. The summed E-state index contributed by atoms with van der Waals surface area (Å²) in [6.07, 6.45) is 0.319. The van der Waals surface area contributed by atoms with Crippen LogP contribution in [0.2, 0.25) is 0 Å². The normalized spacial score (nSPS) is 23.2. The molecule has 13 heteroatoms. The first-order valence-corrected chi connectivity index (χ1v) is 9.31. The van der Waals surface area contributed by atoms with Crippen molar-refractivity contribution in [1.82, 2.24) is 23.9 Å². The summed E-state index contributed by atoms with van der Waals surface area (Å²) in [6, 6.07) is 0. The molecule has 1 N–H and O–H groups in total. The van der Waals surface area contributed by atoms with Crippen LogP contribution in [-0.4, -0.2) is 66.7 Å². The van der Waals surface area contributed by atoms with Crippen LogP contribution in [0, 0.1) is 0 Å². The topological polar surface area (TPSA) is 156 Å². The molecule has 1 aliphatic rings. The van der Waals surface area contributed by atoms with E-state index in [0.29, 0.717) is 5.65 Å². The van der Waals surface area contributed by atoms with Gasteiger partial charge in [0.25, 0.3) is 5.56 Å². The molecule has 3 aromatic rings. The SMILES string of the molecule is CC(=O)OCC1OC(n2cnc3c(=O)[nH]c4nccn4c32)C(OC(C)=O)C1OC(C)=O. The van der Waals surface area contributed by atoms with Gasteiger partial charge in [0.05, 0.1) is 6.33 Å². The fourth-order valence-corrected chi connectivity index (χ4v) is 3.58. The summed E-state index contributed by atoms with van der Waals surface area (Å²) in [6.45, 7) is 3.38. The molecule has 0 aromatic carbocycles. The molecule has 0 aliphatic carbocycles. The van der Waals surface area contributed by atoms with Crippen LogP contribution in [0.1, 0.15) is 27.0 Å². The molecule has 31 heavy (non-hydrogen) atoms. The lowest BCUT2D eigenvalue weighted by Gasteiger charge is -2.24. The van der Waals surface area contributed by atoms with Crippen molar-refractivity contribution in [2.24, 2.45) is 0 Å². The van der Waals surface area contributed by atoms with E-state index in [0.717, 1.165) is 0 Å². The monoisotopic (exact) mass is 433 g/mol. The van der Waals surface area contributed by atoms with Crippen LogP contribution in [0.3, 0.4) is 0 Å². The summed E-state index contributed by atoms with van der Waals surface area (Å²) < 4.78 is 24.9. The molecule has 13 nitrogen and oxygen atoms in total. The maximum atomic E-state index is 12.4. The minimum Gasteiger partial charge on any atom is -0.463 e. The smallest absolute Gasteiger partial charge is 0.303 e. The number of rotatable bonds is 5. The van der Waals surface area contributed by atoms with Gasteiger partial charge >= 0.3 is 17.9 Å². The van der Waals surface area contributed by atoms with Gasteiger partial charge < -0.3 is 18.9 Å². The van der Waals surface area contributed by atoms with Crippen molar-refractivity contribution in [3.63, 3.8) is 0 Å². The van der Waals surface area contributed by atoms with Crippen LogP contribution in [0.5, 0.6) is 0 Å². The third-order valence-electron chi connectivity index (χ3n) is 4.69. The Labute approximate surface area is 173 Å². The van der Waals surface area contributed by atoms with E-state index < -0.39 is 48.0 Å². The van der Waals surface area contributed by atoms with Crippen molar-refractivity contribution in [2.45, 2.75) is 45.3 Å². The number of imidazole rings is 2. The van der Waals surface area contributed by atoms with Gasteiger partial charge in [0.15, 0.2) is 29.6 Å². The van der Waals surface area contributed by atoms with E-state index >= 15 is 0 Å². The molecule has 4 heterocycles. The highest BCUT2D eigenvalue weighted by atomic mass is 16.7. The first-order valence-electron chi connectivity index (χ1n) is 9.31.